The zero-order valence-corrected chi connectivity index (χ0v) is 13.2. The smallest absolute Gasteiger partial charge is 0.239 e. The minimum atomic E-state index is -0.762. The van der Waals surface area contributed by atoms with E-state index in [0.717, 1.165) is 0 Å². The van der Waals surface area contributed by atoms with E-state index in [9.17, 15) is 18.8 Å². The van der Waals surface area contributed by atoms with Crippen molar-refractivity contribution in [3.63, 3.8) is 0 Å². The molecule has 7 nitrogen and oxygen atoms in total. The number of carbonyl (C=O) groups is 3. The summed E-state index contributed by atoms with van der Waals surface area (Å²) in [5.74, 6) is -1.89. The fourth-order valence-corrected chi connectivity index (χ4v) is 2.62. The molecule has 0 saturated carbocycles. The van der Waals surface area contributed by atoms with Crippen molar-refractivity contribution in [2.24, 2.45) is 0 Å². The summed E-state index contributed by atoms with van der Waals surface area (Å²) in [5.41, 5.74) is 0.799. The first kappa shape index (κ1) is 16.7. The first-order valence-electron chi connectivity index (χ1n) is 7.69. The van der Waals surface area contributed by atoms with E-state index in [1.807, 2.05) is 0 Å². The van der Waals surface area contributed by atoms with Gasteiger partial charge in [-0.15, -0.1) is 0 Å². The van der Waals surface area contributed by atoms with E-state index < -0.39 is 17.6 Å². The van der Waals surface area contributed by atoms with Crippen molar-refractivity contribution in [2.75, 3.05) is 11.9 Å². The van der Waals surface area contributed by atoms with Crippen LogP contribution in [0.5, 0.6) is 0 Å². The van der Waals surface area contributed by atoms with E-state index in [0.29, 0.717) is 11.3 Å². The Bertz CT molecular complexity index is 804. The second-order valence-electron chi connectivity index (χ2n) is 5.61. The Morgan fingerprint density at radius 3 is 2.88 bits per heavy atom. The summed E-state index contributed by atoms with van der Waals surface area (Å²) in [4.78, 5) is 35.8. The van der Waals surface area contributed by atoms with Gasteiger partial charge in [0.2, 0.25) is 17.7 Å². The predicted molar refractivity (Wildman–Crippen MR) is 86.0 cm³/mol. The number of anilines is 1. The number of furan rings is 1. The predicted octanol–water partition coefficient (Wildman–Crippen LogP) is 1.28. The maximum Gasteiger partial charge on any atom is 0.239 e. The maximum absolute atomic E-state index is 13.3. The lowest BCUT2D eigenvalue weighted by atomic mass is 9.89. The van der Waals surface area contributed by atoms with Crippen LogP contribution in [0.2, 0.25) is 0 Å². The van der Waals surface area contributed by atoms with Crippen LogP contribution in [0.25, 0.3) is 0 Å². The Morgan fingerprint density at radius 2 is 2.12 bits per heavy atom. The van der Waals surface area contributed by atoms with Crippen LogP contribution in [0.1, 0.15) is 23.7 Å². The van der Waals surface area contributed by atoms with Crippen LogP contribution in [-0.4, -0.2) is 24.3 Å². The van der Waals surface area contributed by atoms with Crippen molar-refractivity contribution in [3.05, 3.63) is 53.7 Å². The van der Waals surface area contributed by atoms with Gasteiger partial charge >= 0.3 is 0 Å². The molecule has 3 rings (SSSR count). The minimum absolute atomic E-state index is 0.0571. The van der Waals surface area contributed by atoms with Gasteiger partial charge < -0.3 is 20.4 Å². The molecule has 25 heavy (non-hydrogen) atoms. The van der Waals surface area contributed by atoms with Gasteiger partial charge in [0.25, 0.3) is 0 Å². The topological polar surface area (TPSA) is 100 Å². The van der Waals surface area contributed by atoms with Crippen molar-refractivity contribution in [1.29, 1.82) is 0 Å². The Hall–Kier alpha value is -3.16. The minimum Gasteiger partial charge on any atom is -0.467 e. The highest BCUT2D eigenvalue weighted by atomic mass is 19.1. The number of halogens is 1. The molecule has 0 fully saturated rings. The molecule has 2 aromatic rings. The SMILES string of the molecule is O=C(CNC(=O)[C@@H]1CC(=O)Nc2cc(F)ccc21)NCc1ccco1. The van der Waals surface area contributed by atoms with E-state index >= 15 is 0 Å². The van der Waals surface area contributed by atoms with Crippen LogP contribution in [0.15, 0.2) is 41.0 Å². The highest BCUT2D eigenvalue weighted by Gasteiger charge is 2.31. The molecule has 0 aliphatic carbocycles. The van der Waals surface area contributed by atoms with Crippen molar-refractivity contribution in [1.82, 2.24) is 10.6 Å². The van der Waals surface area contributed by atoms with Gasteiger partial charge in [0, 0.05) is 12.1 Å². The van der Waals surface area contributed by atoms with E-state index in [-0.39, 0.29) is 37.0 Å². The lowest BCUT2D eigenvalue weighted by molar-refractivity contribution is -0.128. The molecule has 0 spiro atoms. The lowest BCUT2D eigenvalue weighted by Gasteiger charge is -2.24. The number of carbonyl (C=O) groups excluding carboxylic acids is 3. The molecule has 0 radical (unpaired) electrons. The van der Waals surface area contributed by atoms with Gasteiger partial charge in [-0.1, -0.05) is 6.07 Å². The fraction of sp³-hybridized carbons (Fsp3) is 0.235. The third kappa shape index (κ3) is 4.03. The molecular weight excluding hydrogens is 329 g/mol. The van der Waals surface area contributed by atoms with Gasteiger partial charge in [0.05, 0.1) is 25.3 Å². The summed E-state index contributed by atoms with van der Waals surface area (Å²) in [6.45, 7) is -0.0101. The lowest BCUT2D eigenvalue weighted by Crippen LogP contribution is -2.40. The van der Waals surface area contributed by atoms with E-state index in [1.165, 1.54) is 24.5 Å². The largest absolute Gasteiger partial charge is 0.467 e. The summed E-state index contributed by atoms with van der Waals surface area (Å²) < 4.78 is 18.4. The van der Waals surface area contributed by atoms with Gasteiger partial charge in [-0.2, -0.15) is 0 Å². The molecule has 1 aromatic carbocycles. The third-order valence-corrected chi connectivity index (χ3v) is 3.83. The van der Waals surface area contributed by atoms with Gasteiger partial charge in [-0.25, -0.2) is 4.39 Å². The molecule has 2 heterocycles. The van der Waals surface area contributed by atoms with Gasteiger partial charge in [0.1, 0.15) is 11.6 Å². The van der Waals surface area contributed by atoms with E-state index in [1.54, 1.807) is 12.1 Å². The van der Waals surface area contributed by atoms with Crippen LogP contribution >= 0.6 is 0 Å². The normalized spacial score (nSPS) is 15.9. The van der Waals surface area contributed by atoms with Crippen molar-refractivity contribution in [3.8, 4) is 0 Å². The molecule has 1 atom stereocenters. The quantitative estimate of drug-likeness (QED) is 0.760. The number of amides is 3. The monoisotopic (exact) mass is 345 g/mol. The molecule has 130 valence electrons. The number of hydrogen-bond acceptors (Lipinski definition) is 4. The van der Waals surface area contributed by atoms with Crippen LogP contribution in [0, 0.1) is 5.82 Å². The first-order valence-corrected chi connectivity index (χ1v) is 7.69. The summed E-state index contributed by atoms with van der Waals surface area (Å²) in [6.07, 6.45) is 1.44. The molecule has 0 unspecified atom stereocenters. The van der Waals surface area contributed by atoms with Crippen LogP contribution in [0.4, 0.5) is 10.1 Å². The Balaban J connectivity index is 1.58. The molecule has 1 aromatic heterocycles. The fourth-order valence-electron chi connectivity index (χ4n) is 2.62. The highest BCUT2D eigenvalue weighted by Crippen LogP contribution is 2.32. The Kier molecular flexibility index (Phi) is 4.78. The van der Waals surface area contributed by atoms with Gasteiger partial charge in [0.15, 0.2) is 0 Å². The number of benzene rings is 1. The second kappa shape index (κ2) is 7.16. The zero-order chi connectivity index (χ0) is 17.8. The van der Waals surface area contributed by atoms with Crippen LogP contribution in [0.3, 0.4) is 0 Å². The summed E-state index contributed by atoms with van der Waals surface area (Å²) in [5, 5.41) is 7.64. The molecule has 1 aliphatic heterocycles. The summed E-state index contributed by atoms with van der Waals surface area (Å²) in [7, 11) is 0. The molecule has 0 bridgehead atoms. The summed E-state index contributed by atoms with van der Waals surface area (Å²) in [6, 6.07) is 7.29. The number of nitrogens with one attached hydrogen (secondary N) is 3. The summed E-state index contributed by atoms with van der Waals surface area (Å²) >= 11 is 0. The zero-order valence-electron chi connectivity index (χ0n) is 13.2. The Labute approximate surface area is 142 Å². The Morgan fingerprint density at radius 1 is 1.28 bits per heavy atom. The molecule has 8 heteroatoms. The number of fused-ring (bicyclic) bond motifs is 1. The highest BCUT2D eigenvalue weighted by molar-refractivity contribution is 6.01. The maximum atomic E-state index is 13.3. The van der Waals surface area contributed by atoms with Crippen LogP contribution < -0.4 is 16.0 Å². The van der Waals surface area contributed by atoms with Crippen molar-refractivity contribution in [2.45, 2.75) is 18.9 Å². The molecule has 1 aliphatic rings. The van der Waals surface area contributed by atoms with Gasteiger partial charge in [-0.3, -0.25) is 14.4 Å². The average molecular weight is 345 g/mol. The number of rotatable bonds is 5. The molecule has 3 amide bonds. The van der Waals surface area contributed by atoms with Crippen molar-refractivity contribution < 1.29 is 23.2 Å². The molecular formula is C17H16FN3O4. The van der Waals surface area contributed by atoms with Crippen molar-refractivity contribution >= 4 is 23.4 Å². The third-order valence-electron chi connectivity index (χ3n) is 3.83. The molecule has 3 N–H and O–H groups in total. The van der Waals surface area contributed by atoms with Gasteiger partial charge in [-0.05, 0) is 29.8 Å². The average Bonchev–Trinajstić information content (AvgIpc) is 3.10. The van der Waals surface area contributed by atoms with E-state index in [2.05, 4.69) is 16.0 Å². The number of hydrogen-bond donors (Lipinski definition) is 3. The first-order chi connectivity index (χ1) is 12.0. The van der Waals surface area contributed by atoms with Crippen LogP contribution in [-0.2, 0) is 20.9 Å². The van der Waals surface area contributed by atoms with E-state index in [4.69, 9.17) is 4.42 Å². The second-order valence-corrected chi connectivity index (χ2v) is 5.61. The standard InChI is InChI=1S/C17H16FN3O4/c18-10-3-4-12-13(7-15(22)21-14(12)6-10)17(24)20-9-16(23)19-8-11-2-1-5-25-11/h1-6,13H,7-9H2,(H,19,23)(H,20,24)(H,21,22)/t13-/m1/s1. The molecule has 0 saturated heterocycles.